The number of carbonyl (C=O) groups is 3. The molecule has 14 heteroatoms. The van der Waals surface area contributed by atoms with Gasteiger partial charge in [-0.05, 0) is 167 Å². The minimum Gasteiger partial charge on any atom is -0.485 e. The molecule has 596 valence electrons. The van der Waals surface area contributed by atoms with Gasteiger partial charge in [0.25, 0.3) is 11.8 Å². The molecule has 2 amide bonds. The summed E-state index contributed by atoms with van der Waals surface area (Å²) in [4.78, 5) is 56.8. The first-order chi connectivity index (χ1) is 55.9. The second-order valence-electron chi connectivity index (χ2n) is 32.4. The van der Waals surface area contributed by atoms with Gasteiger partial charge < -0.3 is 29.3 Å². The third-order valence-corrected chi connectivity index (χ3v) is 29.5. The molecule has 7 heterocycles. The van der Waals surface area contributed by atoms with Gasteiger partial charge in [-0.25, -0.2) is 4.79 Å². The third-order valence-electron chi connectivity index (χ3n) is 24.7. The summed E-state index contributed by atoms with van der Waals surface area (Å²) >= 11 is 6.23. The number of hydrogen-bond donors (Lipinski definition) is 1. The van der Waals surface area contributed by atoms with Gasteiger partial charge >= 0.3 is 5.97 Å². The number of carboxylic acid groups (broad SMARTS) is 1. The molecule has 0 unspecified atom stereocenters. The van der Waals surface area contributed by atoms with Crippen LogP contribution in [0.1, 0.15) is 284 Å². The normalized spacial score (nSPS) is 15.0. The smallest absolute Gasteiger partial charge is 0.346 e. The number of anilines is 3. The van der Waals surface area contributed by atoms with E-state index in [1.54, 1.807) is 28.7 Å². The third kappa shape index (κ3) is 16.9. The molecule has 0 saturated carbocycles. The molecule has 14 rings (SSSR count). The SMILES string of the molecule is CCCCCCCCN1C(=O)C2=C(c3ccc(-c4sc(-c5ccc(N(c6ccc7c(c6)C(CCCCCC)(CCCCCC)c6ccccc6-7)c6ccc7c(c6)C(CCCCCC)(CCCCCC)c6ccccc6-7)cc5)c5c4OCCO5)s3)N(CCCCCCCC)C(=O)C2=C1c1ccc(-c2ccc(/C=C(\C#N)C(=O)O)s2)s1. The van der Waals surface area contributed by atoms with Crippen LogP contribution in [0.3, 0.4) is 0 Å². The molecule has 4 aromatic heterocycles. The predicted octanol–water partition coefficient (Wildman–Crippen LogP) is 29.1. The Bertz CT molecular complexity index is 4860. The minimum absolute atomic E-state index is 0.0949. The van der Waals surface area contributed by atoms with E-state index in [-0.39, 0.29) is 28.2 Å². The average Bonchev–Trinajstić information content (AvgIpc) is 1.57. The van der Waals surface area contributed by atoms with Crippen LogP contribution in [0.4, 0.5) is 17.1 Å². The van der Waals surface area contributed by atoms with E-state index in [9.17, 15) is 15.2 Å². The molecule has 1 N–H and O–H groups in total. The highest BCUT2D eigenvalue weighted by molar-refractivity contribution is 7.25. The van der Waals surface area contributed by atoms with Crippen molar-refractivity contribution in [1.29, 1.82) is 5.26 Å². The van der Waals surface area contributed by atoms with Gasteiger partial charge in [0.1, 0.15) is 24.9 Å². The van der Waals surface area contributed by atoms with Gasteiger partial charge in [-0.3, -0.25) is 9.59 Å². The maximum atomic E-state index is 15.8. The number of hydrogen-bond acceptors (Lipinski definition) is 11. The maximum Gasteiger partial charge on any atom is 0.346 e. The van der Waals surface area contributed by atoms with Crippen LogP contribution in [0.15, 0.2) is 162 Å². The van der Waals surface area contributed by atoms with Gasteiger partial charge in [0, 0.05) is 60.5 Å². The number of thiophene rings is 4. The Morgan fingerprint density at radius 2 is 0.816 bits per heavy atom. The molecule has 5 aromatic carbocycles. The molecule has 5 aliphatic rings. The van der Waals surface area contributed by atoms with Crippen LogP contribution in [-0.4, -0.2) is 59.0 Å². The van der Waals surface area contributed by atoms with Gasteiger partial charge in [0.15, 0.2) is 11.5 Å². The number of benzene rings is 5. The van der Waals surface area contributed by atoms with E-state index < -0.39 is 5.97 Å². The molecule has 0 saturated heterocycles. The lowest BCUT2D eigenvalue weighted by Crippen LogP contribution is -2.30. The van der Waals surface area contributed by atoms with E-state index in [1.807, 2.05) is 34.1 Å². The molecular formula is C100H116N4O6S4. The number of nitriles is 1. The zero-order chi connectivity index (χ0) is 79.1. The summed E-state index contributed by atoms with van der Waals surface area (Å²) in [5, 5.41) is 19.2. The number of nitrogens with zero attached hydrogens (tertiary/aromatic N) is 4. The van der Waals surface area contributed by atoms with Crippen molar-refractivity contribution in [2.45, 2.75) is 258 Å². The molecule has 3 aliphatic heterocycles. The molecule has 9 aromatic rings. The largest absolute Gasteiger partial charge is 0.485 e. The topological polar surface area (TPSA) is 123 Å². The first-order valence-corrected chi connectivity index (χ1v) is 46.8. The quantitative estimate of drug-likeness (QED) is 0.0228. The fourth-order valence-corrected chi connectivity index (χ4v) is 23.4. The lowest BCUT2D eigenvalue weighted by atomic mass is 9.70. The van der Waals surface area contributed by atoms with Crippen LogP contribution >= 0.6 is 45.3 Å². The van der Waals surface area contributed by atoms with Crippen molar-refractivity contribution in [3.05, 3.63) is 199 Å². The maximum absolute atomic E-state index is 15.8. The second-order valence-corrected chi connectivity index (χ2v) is 36.7. The second kappa shape index (κ2) is 38.5. The van der Waals surface area contributed by atoms with Crippen LogP contribution in [0.25, 0.3) is 69.7 Å². The molecule has 114 heavy (non-hydrogen) atoms. The average molecular weight is 1600 g/mol. The summed E-state index contributed by atoms with van der Waals surface area (Å²) in [6.45, 7) is 15.6. The highest BCUT2D eigenvalue weighted by Gasteiger charge is 2.50. The van der Waals surface area contributed by atoms with Crippen molar-refractivity contribution in [2.75, 3.05) is 31.2 Å². The van der Waals surface area contributed by atoms with Crippen molar-refractivity contribution in [2.24, 2.45) is 0 Å². The molecule has 0 spiro atoms. The Morgan fingerprint density at radius 1 is 0.430 bits per heavy atom. The number of aliphatic carboxylic acids is 1. The van der Waals surface area contributed by atoms with Crippen molar-refractivity contribution in [1.82, 2.24) is 9.80 Å². The van der Waals surface area contributed by atoms with E-state index in [2.05, 4.69) is 168 Å². The van der Waals surface area contributed by atoms with E-state index in [0.717, 1.165) is 147 Å². The van der Waals surface area contributed by atoms with Crippen molar-refractivity contribution < 1.29 is 29.0 Å². The van der Waals surface area contributed by atoms with Crippen LogP contribution in [0.2, 0.25) is 0 Å². The summed E-state index contributed by atoms with van der Waals surface area (Å²) in [5.41, 5.74) is 17.8. The van der Waals surface area contributed by atoms with Crippen molar-refractivity contribution in [3.63, 3.8) is 0 Å². The highest BCUT2D eigenvalue weighted by Crippen LogP contribution is 2.61. The fraction of sp³-hybridized carbons (Fsp3) is 0.440. The van der Waals surface area contributed by atoms with Gasteiger partial charge in [-0.15, -0.1) is 45.3 Å². The summed E-state index contributed by atoms with van der Waals surface area (Å²) in [6.07, 6.45) is 38.2. The summed E-state index contributed by atoms with van der Waals surface area (Å²) < 4.78 is 13.5. The first kappa shape index (κ1) is 82.0. The molecule has 0 atom stereocenters. The van der Waals surface area contributed by atoms with Crippen LogP contribution in [0, 0.1) is 11.3 Å². The monoisotopic (exact) mass is 1600 g/mol. The number of rotatable bonds is 44. The van der Waals surface area contributed by atoms with Crippen LogP contribution in [-0.2, 0) is 25.2 Å². The van der Waals surface area contributed by atoms with Crippen LogP contribution in [0.5, 0.6) is 11.5 Å². The molecule has 10 nitrogen and oxygen atoms in total. The minimum atomic E-state index is -1.27. The Labute approximate surface area is 694 Å². The lowest BCUT2D eigenvalue weighted by Gasteiger charge is -2.35. The number of ether oxygens (including phenoxy) is 2. The highest BCUT2D eigenvalue weighted by atomic mass is 32.1. The number of fused-ring (bicyclic) bond motifs is 8. The standard InChI is InChI=1S/C100H116N4O6S4/c1-7-13-19-25-27-37-61-102-90(85-54-53-84(112-85)83-52-49-74(111-83)65-70(68-101)98(107)108)88-89(97(102)106)91(103(96(88)105)62-38-28-26-20-14-8-2)86-55-56-87(113-86)95-93-92(109-63-64-110-93)94(114-95)69-43-45-71(46-44-69)104(72-47-50-77-75-39-29-31-41-79(75)99(81(77)66-72,57-33-21-15-9-3)58-34-22-16-10-4)73-48-51-78-76-40-30-32-42-80(76)100(82(78)67-73,59-35-23-17-11-5)60-36-24-18-12-6/h29-32,39-56,65-67H,7-28,33-38,57-64H2,1-6H3,(H,107,108)/b70-65+. The van der Waals surface area contributed by atoms with Crippen molar-refractivity contribution in [3.8, 4) is 69.8 Å². The van der Waals surface area contributed by atoms with Gasteiger partial charge in [-0.1, -0.05) is 281 Å². The molecule has 2 aliphatic carbocycles. The number of carboxylic acids is 1. The zero-order valence-corrected chi connectivity index (χ0v) is 71.6. The van der Waals surface area contributed by atoms with Crippen LogP contribution < -0.4 is 14.4 Å². The zero-order valence-electron chi connectivity index (χ0n) is 68.3. The lowest BCUT2D eigenvalue weighted by molar-refractivity contribution is -0.132. The molecular weight excluding hydrogens is 1480 g/mol. The fourth-order valence-electron chi connectivity index (χ4n) is 18.9. The first-order valence-electron chi connectivity index (χ1n) is 43.5. The predicted molar refractivity (Wildman–Crippen MR) is 479 cm³/mol. The van der Waals surface area contributed by atoms with E-state index in [4.69, 9.17) is 9.47 Å². The Morgan fingerprint density at radius 3 is 1.28 bits per heavy atom. The number of carbonyl (C=O) groups excluding carboxylic acids is 2. The summed E-state index contributed by atoms with van der Waals surface area (Å²) in [6, 6.07) is 57.0. The number of amides is 2. The van der Waals surface area contributed by atoms with E-state index >= 15 is 9.59 Å². The Kier molecular flexibility index (Phi) is 27.6. The van der Waals surface area contributed by atoms with Gasteiger partial charge in [0.05, 0.1) is 42.0 Å². The number of unbranched alkanes of at least 4 members (excludes halogenated alkanes) is 22. The van der Waals surface area contributed by atoms with Gasteiger partial charge in [-0.2, -0.15) is 5.26 Å². The Hall–Kier alpha value is -8.58. The molecule has 0 fully saturated rings. The molecule has 0 bridgehead atoms. The van der Waals surface area contributed by atoms with E-state index in [1.165, 1.54) is 200 Å². The summed E-state index contributed by atoms with van der Waals surface area (Å²) in [5.74, 6) is -0.0819. The summed E-state index contributed by atoms with van der Waals surface area (Å²) in [7, 11) is 0. The Balaban J connectivity index is 0.865. The van der Waals surface area contributed by atoms with Gasteiger partial charge in [0.2, 0.25) is 0 Å². The van der Waals surface area contributed by atoms with E-state index in [0.29, 0.717) is 53.7 Å². The molecule has 0 radical (unpaired) electrons. The van der Waals surface area contributed by atoms with Crippen molar-refractivity contribution >= 4 is 97.7 Å².